The fourth-order valence-corrected chi connectivity index (χ4v) is 4.19. The highest BCUT2D eigenvalue weighted by atomic mass is 16.3. The second kappa shape index (κ2) is 6.04. The van der Waals surface area contributed by atoms with E-state index >= 15 is 0 Å². The Hall–Kier alpha value is -1.35. The van der Waals surface area contributed by atoms with E-state index in [4.69, 9.17) is 0 Å². The Morgan fingerprint density at radius 2 is 2.00 bits per heavy atom. The molecule has 22 heavy (non-hydrogen) atoms. The predicted octanol–water partition coefficient (Wildman–Crippen LogP) is 4.21. The van der Waals surface area contributed by atoms with E-state index in [-0.39, 0.29) is 23.5 Å². The Bertz CT molecular complexity index is 533. The average molecular weight is 301 g/mol. The highest BCUT2D eigenvalue weighted by Gasteiger charge is 2.43. The molecule has 3 rings (SSSR count). The first-order valence-electron chi connectivity index (χ1n) is 8.67. The van der Waals surface area contributed by atoms with Gasteiger partial charge in [0.1, 0.15) is 0 Å². The minimum absolute atomic E-state index is 0.0903. The molecule has 1 saturated heterocycles. The SMILES string of the molecule is CCCC1(C(O)c2ccc(N3C(=O)CC[C@H]3C)cc2)CCC1. The number of aliphatic hydroxyl groups excluding tert-OH is 1. The number of rotatable bonds is 5. The van der Waals surface area contributed by atoms with Gasteiger partial charge in [0, 0.05) is 23.6 Å². The van der Waals surface area contributed by atoms with E-state index in [1.165, 1.54) is 6.42 Å². The van der Waals surface area contributed by atoms with Crippen LogP contribution in [0.5, 0.6) is 0 Å². The molecular weight excluding hydrogens is 274 g/mol. The zero-order valence-electron chi connectivity index (χ0n) is 13.7. The molecule has 0 aromatic heterocycles. The normalized spacial score (nSPS) is 25.1. The Labute approximate surface area is 133 Å². The molecule has 0 bridgehead atoms. The Kier molecular flexibility index (Phi) is 4.26. The highest BCUT2D eigenvalue weighted by Crippen LogP contribution is 2.53. The summed E-state index contributed by atoms with van der Waals surface area (Å²) in [5.41, 5.74) is 2.05. The molecule has 1 aromatic carbocycles. The van der Waals surface area contributed by atoms with Gasteiger partial charge in [0.2, 0.25) is 5.91 Å². The van der Waals surface area contributed by atoms with Crippen LogP contribution in [0.15, 0.2) is 24.3 Å². The van der Waals surface area contributed by atoms with E-state index in [1.54, 1.807) is 0 Å². The van der Waals surface area contributed by atoms with Crippen molar-refractivity contribution in [1.29, 1.82) is 0 Å². The molecule has 1 aliphatic carbocycles. The van der Waals surface area contributed by atoms with E-state index in [0.29, 0.717) is 6.42 Å². The van der Waals surface area contributed by atoms with Gasteiger partial charge in [-0.05, 0) is 50.3 Å². The van der Waals surface area contributed by atoms with Gasteiger partial charge in [-0.25, -0.2) is 0 Å². The Balaban J connectivity index is 1.78. The maximum absolute atomic E-state index is 12.0. The van der Waals surface area contributed by atoms with Crippen LogP contribution in [0.1, 0.15) is 70.5 Å². The molecular formula is C19H27NO2. The molecule has 2 atom stereocenters. The highest BCUT2D eigenvalue weighted by molar-refractivity contribution is 5.96. The first-order chi connectivity index (χ1) is 10.6. The molecule has 0 radical (unpaired) electrons. The van der Waals surface area contributed by atoms with E-state index in [9.17, 15) is 9.90 Å². The van der Waals surface area contributed by atoms with Gasteiger partial charge in [-0.1, -0.05) is 31.9 Å². The molecule has 2 aliphatic rings. The number of aliphatic hydroxyl groups is 1. The molecule has 120 valence electrons. The van der Waals surface area contributed by atoms with E-state index in [0.717, 1.165) is 43.4 Å². The van der Waals surface area contributed by atoms with Crippen molar-refractivity contribution in [2.24, 2.45) is 5.41 Å². The molecule has 1 aliphatic heterocycles. The Morgan fingerprint density at radius 1 is 1.32 bits per heavy atom. The van der Waals surface area contributed by atoms with Crippen molar-refractivity contribution in [2.75, 3.05) is 4.90 Å². The van der Waals surface area contributed by atoms with Crippen LogP contribution in [0.25, 0.3) is 0 Å². The average Bonchev–Trinajstić information content (AvgIpc) is 2.82. The van der Waals surface area contributed by atoms with Gasteiger partial charge >= 0.3 is 0 Å². The lowest BCUT2D eigenvalue weighted by atomic mass is 9.61. The minimum atomic E-state index is -0.373. The zero-order valence-corrected chi connectivity index (χ0v) is 13.7. The molecule has 1 heterocycles. The number of anilines is 1. The number of carbonyl (C=O) groups is 1. The topological polar surface area (TPSA) is 40.5 Å². The third-order valence-electron chi connectivity index (χ3n) is 5.65. The van der Waals surface area contributed by atoms with Gasteiger partial charge in [0.25, 0.3) is 0 Å². The maximum atomic E-state index is 12.0. The third kappa shape index (κ3) is 2.56. The molecule has 3 nitrogen and oxygen atoms in total. The second-order valence-corrected chi connectivity index (χ2v) is 7.11. The van der Waals surface area contributed by atoms with Crippen molar-refractivity contribution in [3.63, 3.8) is 0 Å². The molecule has 1 unspecified atom stereocenters. The summed E-state index contributed by atoms with van der Waals surface area (Å²) in [4.78, 5) is 13.9. The van der Waals surface area contributed by atoms with Crippen LogP contribution >= 0.6 is 0 Å². The Morgan fingerprint density at radius 3 is 2.45 bits per heavy atom. The molecule has 1 N–H and O–H groups in total. The lowest BCUT2D eigenvalue weighted by molar-refractivity contribution is -0.117. The van der Waals surface area contributed by atoms with Crippen molar-refractivity contribution in [1.82, 2.24) is 0 Å². The molecule has 0 spiro atoms. The van der Waals surface area contributed by atoms with Gasteiger partial charge < -0.3 is 10.0 Å². The summed E-state index contributed by atoms with van der Waals surface area (Å²) in [7, 11) is 0. The van der Waals surface area contributed by atoms with Crippen LogP contribution in [0.4, 0.5) is 5.69 Å². The summed E-state index contributed by atoms with van der Waals surface area (Å²) >= 11 is 0. The fraction of sp³-hybridized carbons (Fsp3) is 0.632. The summed E-state index contributed by atoms with van der Waals surface area (Å²) in [6, 6.07) is 8.29. The van der Waals surface area contributed by atoms with Crippen molar-refractivity contribution < 1.29 is 9.90 Å². The zero-order chi connectivity index (χ0) is 15.7. The molecule has 2 fully saturated rings. The predicted molar refractivity (Wildman–Crippen MR) is 88.8 cm³/mol. The summed E-state index contributed by atoms with van der Waals surface area (Å²) in [5, 5.41) is 10.8. The third-order valence-corrected chi connectivity index (χ3v) is 5.65. The second-order valence-electron chi connectivity index (χ2n) is 7.11. The summed E-state index contributed by atoms with van der Waals surface area (Å²) in [6.45, 7) is 4.29. The van der Waals surface area contributed by atoms with Gasteiger partial charge in [-0.3, -0.25) is 4.79 Å². The van der Waals surface area contributed by atoms with Crippen molar-refractivity contribution in [3.05, 3.63) is 29.8 Å². The summed E-state index contributed by atoms with van der Waals surface area (Å²) < 4.78 is 0. The number of amides is 1. The number of hydrogen-bond donors (Lipinski definition) is 1. The molecule has 1 aromatic rings. The number of benzene rings is 1. The summed E-state index contributed by atoms with van der Waals surface area (Å²) in [6.07, 6.45) is 6.91. The van der Waals surface area contributed by atoms with Crippen LogP contribution in [-0.4, -0.2) is 17.1 Å². The van der Waals surface area contributed by atoms with E-state index in [2.05, 4.69) is 13.8 Å². The van der Waals surface area contributed by atoms with Gasteiger partial charge in [-0.2, -0.15) is 0 Å². The van der Waals surface area contributed by atoms with Gasteiger partial charge in [-0.15, -0.1) is 0 Å². The van der Waals surface area contributed by atoms with Crippen LogP contribution in [0.2, 0.25) is 0 Å². The number of hydrogen-bond acceptors (Lipinski definition) is 2. The van der Waals surface area contributed by atoms with Crippen LogP contribution < -0.4 is 4.90 Å². The first kappa shape index (κ1) is 15.5. The molecule has 3 heteroatoms. The largest absolute Gasteiger partial charge is 0.388 e. The van der Waals surface area contributed by atoms with Crippen LogP contribution in [0, 0.1) is 5.41 Å². The number of carbonyl (C=O) groups excluding carboxylic acids is 1. The number of nitrogens with zero attached hydrogens (tertiary/aromatic N) is 1. The fourth-order valence-electron chi connectivity index (χ4n) is 4.19. The molecule has 1 saturated carbocycles. The quantitative estimate of drug-likeness (QED) is 0.885. The smallest absolute Gasteiger partial charge is 0.227 e. The van der Waals surface area contributed by atoms with Gasteiger partial charge in [0.05, 0.1) is 6.10 Å². The lowest BCUT2D eigenvalue weighted by Crippen LogP contribution is -2.36. The van der Waals surface area contributed by atoms with E-state index in [1.807, 2.05) is 29.2 Å². The van der Waals surface area contributed by atoms with Crippen molar-refractivity contribution in [3.8, 4) is 0 Å². The minimum Gasteiger partial charge on any atom is -0.388 e. The monoisotopic (exact) mass is 301 g/mol. The van der Waals surface area contributed by atoms with Crippen LogP contribution in [0.3, 0.4) is 0 Å². The van der Waals surface area contributed by atoms with Gasteiger partial charge in [0.15, 0.2) is 0 Å². The van der Waals surface area contributed by atoms with Crippen molar-refractivity contribution >= 4 is 11.6 Å². The van der Waals surface area contributed by atoms with E-state index < -0.39 is 0 Å². The summed E-state index contributed by atoms with van der Waals surface area (Å²) in [5.74, 6) is 0.210. The molecule has 1 amide bonds. The lowest BCUT2D eigenvalue weighted by Gasteiger charge is -2.46. The van der Waals surface area contributed by atoms with Crippen LogP contribution in [-0.2, 0) is 4.79 Å². The maximum Gasteiger partial charge on any atom is 0.227 e. The standard InChI is InChI=1S/C19H27NO2/c1-3-11-19(12-4-13-19)18(22)15-6-8-16(9-7-15)20-14(2)5-10-17(20)21/h6-9,14,18,22H,3-5,10-13H2,1-2H3/t14-,18?/m1/s1. The van der Waals surface area contributed by atoms with Crippen molar-refractivity contribution in [2.45, 2.75) is 70.9 Å². The first-order valence-corrected chi connectivity index (χ1v) is 8.67.